The molecule has 1 aliphatic rings. The Balaban J connectivity index is 1.93. The summed E-state index contributed by atoms with van der Waals surface area (Å²) >= 11 is 0. The highest BCUT2D eigenvalue weighted by Gasteiger charge is 2.31. The van der Waals surface area contributed by atoms with Crippen molar-refractivity contribution >= 4 is 5.97 Å². The summed E-state index contributed by atoms with van der Waals surface area (Å²) in [5.74, 6) is -0.932. The Bertz CT molecular complexity index is 464. The second-order valence-electron chi connectivity index (χ2n) is 5.61. The van der Waals surface area contributed by atoms with Crippen molar-refractivity contribution in [1.29, 1.82) is 0 Å². The monoisotopic (exact) mass is 279 g/mol. The topological polar surface area (TPSA) is 40.5 Å². The van der Waals surface area contributed by atoms with Gasteiger partial charge in [0.1, 0.15) is 11.9 Å². The van der Waals surface area contributed by atoms with Crippen LogP contribution < -0.4 is 0 Å². The standard InChI is InChI=1S/C16H22FNO2/c1-12(8-9-13-5-4-6-14(17)11-13)18-10-3-2-7-15(18)16(19)20/h4-6,11-12,15H,2-3,7-10H2,1H3,(H,19,20). The van der Waals surface area contributed by atoms with Crippen molar-refractivity contribution in [1.82, 2.24) is 4.90 Å². The molecule has 0 bridgehead atoms. The van der Waals surface area contributed by atoms with Crippen LogP contribution in [0.25, 0.3) is 0 Å². The van der Waals surface area contributed by atoms with Gasteiger partial charge in [0.2, 0.25) is 0 Å². The van der Waals surface area contributed by atoms with Gasteiger partial charge in [-0.2, -0.15) is 0 Å². The molecule has 1 aromatic carbocycles. The predicted octanol–water partition coefficient (Wildman–Crippen LogP) is 3.09. The fourth-order valence-corrected chi connectivity index (χ4v) is 2.98. The van der Waals surface area contributed by atoms with Gasteiger partial charge in [-0.25, -0.2) is 4.39 Å². The van der Waals surface area contributed by atoms with E-state index in [1.807, 2.05) is 6.07 Å². The van der Waals surface area contributed by atoms with Gasteiger partial charge in [-0.05, 0) is 56.8 Å². The summed E-state index contributed by atoms with van der Waals surface area (Å²) in [5.41, 5.74) is 0.973. The van der Waals surface area contributed by atoms with Gasteiger partial charge >= 0.3 is 5.97 Å². The molecule has 0 aliphatic carbocycles. The lowest BCUT2D eigenvalue weighted by molar-refractivity contribution is -0.145. The summed E-state index contributed by atoms with van der Waals surface area (Å²) in [4.78, 5) is 13.4. The fourth-order valence-electron chi connectivity index (χ4n) is 2.98. The van der Waals surface area contributed by atoms with E-state index in [1.54, 1.807) is 12.1 Å². The maximum Gasteiger partial charge on any atom is 0.320 e. The van der Waals surface area contributed by atoms with Gasteiger partial charge in [-0.3, -0.25) is 9.69 Å². The summed E-state index contributed by atoms with van der Waals surface area (Å²) in [7, 11) is 0. The van der Waals surface area contributed by atoms with E-state index in [9.17, 15) is 14.3 Å². The van der Waals surface area contributed by atoms with Crippen LogP contribution in [0, 0.1) is 5.82 Å². The molecule has 0 saturated carbocycles. The number of halogens is 1. The smallest absolute Gasteiger partial charge is 0.320 e. The molecule has 1 aliphatic heterocycles. The number of hydrogen-bond acceptors (Lipinski definition) is 2. The minimum Gasteiger partial charge on any atom is -0.480 e. The quantitative estimate of drug-likeness (QED) is 0.900. The zero-order chi connectivity index (χ0) is 14.5. The number of nitrogens with zero attached hydrogens (tertiary/aromatic N) is 1. The minimum atomic E-state index is -0.720. The lowest BCUT2D eigenvalue weighted by atomic mass is 9.97. The molecule has 0 radical (unpaired) electrons. The van der Waals surface area contributed by atoms with Gasteiger partial charge in [0, 0.05) is 6.04 Å². The predicted molar refractivity (Wildman–Crippen MR) is 76.2 cm³/mol. The fraction of sp³-hybridized carbons (Fsp3) is 0.562. The second kappa shape index (κ2) is 6.84. The molecule has 110 valence electrons. The van der Waals surface area contributed by atoms with Gasteiger partial charge in [-0.1, -0.05) is 18.6 Å². The molecular weight excluding hydrogens is 257 g/mol. The molecule has 0 spiro atoms. The zero-order valence-corrected chi connectivity index (χ0v) is 11.9. The van der Waals surface area contributed by atoms with E-state index < -0.39 is 5.97 Å². The normalized spacial score (nSPS) is 21.6. The van der Waals surface area contributed by atoms with Crippen molar-refractivity contribution in [3.63, 3.8) is 0 Å². The van der Waals surface area contributed by atoms with E-state index in [0.717, 1.165) is 44.2 Å². The first-order chi connectivity index (χ1) is 9.58. The Morgan fingerprint density at radius 3 is 3.00 bits per heavy atom. The average Bonchev–Trinajstić information content (AvgIpc) is 2.45. The van der Waals surface area contributed by atoms with E-state index in [0.29, 0.717) is 0 Å². The van der Waals surface area contributed by atoms with E-state index in [-0.39, 0.29) is 17.9 Å². The van der Waals surface area contributed by atoms with E-state index >= 15 is 0 Å². The highest BCUT2D eigenvalue weighted by atomic mass is 19.1. The number of likely N-dealkylation sites (tertiary alicyclic amines) is 1. The molecule has 1 fully saturated rings. The summed E-state index contributed by atoms with van der Waals surface area (Å²) < 4.78 is 13.1. The summed E-state index contributed by atoms with van der Waals surface area (Å²) in [5, 5.41) is 9.29. The second-order valence-corrected chi connectivity index (χ2v) is 5.61. The first kappa shape index (κ1) is 15.0. The molecule has 1 N–H and O–H groups in total. The van der Waals surface area contributed by atoms with Gasteiger partial charge < -0.3 is 5.11 Å². The minimum absolute atomic E-state index is 0.208. The number of aliphatic carboxylic acids is 1. The molecule has 4 heteroatoms. The Morgan fingerprint density at radius 2 is 2.30 bits per heavy atom. The summed E-state index contributed by atoms with van der Waals surface area (Å²) in [6, 6.07) is 6.48. The van der Waals surface area contributed by atoms with E-state index in [4.69, 9.17) is 0 Å². The molecule has 2 unspecified atom stereocenters. The van der Waals surface area contributed by atoms with Crippen molar-refractivity contribution in [2.75, 3.05) is 6.54 Å². The summed E-state index contributed by atoms with van der Waals surface area (Å²) in [6.07, 6.45) is 4.42. The third-order valence-corrected chi connectivity index (χ3v) is 4.14. The zero-order valence-electron chi connectivity index (χ0n) is 11.9. The number of carbonyl (C=O) groups is 1. The van der Waals surface area contributed by atoms with Crippen LogP contribution in [0.15, 0.2) is 24.3 Å². The first-order valence-corrected chi connectivity index (χ1v) is 7.31. The van der Waals surface area contributed by atoms with Crippen LogP contribution in [0.2, 0.25) is 0 Å². The van der Waals surface area contributed by atoms with E-state index in [1.165, 1.54) is 6.07 Å². The molecule has 0 amide bonds. The molecule has 1 aromatic rings. The van der Waals surface area contributed by atoms with E-state index in [2.05, 4.69) is 11.8 Å². The lowest BCUT2D eigenvalue weighted by Crippen LogP contribution is -2.49. The molecule has 2 atom stereocenters. The Kier molecular flexibility index (Phi) is 5.12. The van der Waals surface area contributed by atoms with Crippen LogP contribution in [-0.4, -0.2) is 34.6 Å². The highest BCUT2D eigenvalue weighted by Crippen LogP contribution is 2.22. The number of rotatable bonds is 5. The van der Waals surface area contributed by atoms with Crippen molar-refractivity contribution < 1.29 is 14.3 Å². The Morgan fingerprint density at radius 1 is 1.50 bits per heavy atom. The molecule has 3 nitrogen and oxygen atoms in total. The number of hydrogen-bond donors (Lipinski definition) is 1. The van der Waals surface area contributed by atoms with Gasteiger partial charge in [0.15, 0.2) is 0 Å². The Labute approximate surface area is 119 Å². The highest BCUT2D eigenvalue weighted by molar-refractivity contribution is 5.73. The SMILES string of the molecule is CC(CCc1cccc(F)c1)N1CCCCC1C(=O)O. The van der Waals surface area contributed by atoms with Crippen LogP contribution in [0.3, 0.4) is 0 Å². The van der Waals surface area contributed by atoms with Crippen LogP contribution in [-0.2, 0) is 11.2 Å². The Hall–Kier alpha value is -1.42. The molecule has 2 rings (SSSR count). The van der Waals surface area contributed by atoms with Gasteiger partial charge in [0.25, 0.3) is 0 Å². The third kappa shape index (κ3) is 3.79. The molecule has 20 heavy (non-hydrogen) atoms. The van der Waals surface area contributed by atoms with Crippen LogP contribution in [0.1, 0.15) is 38.2 Å². The molecular formula is C16H22FNO2. The lowest BCUT2D eigenvalue weighted by Gasteiger charge is -2.37. The van der Waals surface area contributed by atoms with Crippen molar-refractivity contribution in [3.8, 4) is 0 Å². The first-order valence-electron chi connectivity index (χ1n) is 7.31. The molecule has 0 aromatic heterocycles. The number of benzene rings is 1. The average molecular weight is 279 g/mol. The third-order valence-electron chi connectivity index (χ3n) is 4.14. The van der Waals surface area contributed by atoms with Crippen LogP contribution in [0.5, 0.6) is 0 Å². The number of aryl methyl sites for hydroxylation is 1. The molecule has 1 heterocycles. The largest absolute Gasteiger partial charge is 0.480 e. The van der Waals surface area contributed by atoms with Crippen molar-refractivity contribution in [3.05, 3.63) is 35.6 Å². The molecule has 1 saturated heterocycles. The number of carboxylic acids is 1. The number of piperidine rings is 1. The summed E-state index contributed by atoms with van der Waals surface area (Å²) in [6.45, 7) is 2.92. The van der Waals surface area contributed by atoms with Crippen LogP contribution in [0.4, 0.5) is 4.39 Å². The van der Waals surface area contributed by atoms with Crippen LogP contribution >= 0.6 is 0 Å². The van der Waals surface area contributed by atoms with Crippen molar-refractivity contribution in [2.45, 2.75) is 51.1 Å². The van der Waals surface area contributed by atoms with Gasteiger partial charge in [0.05, 0.1) is 0 Å². The maximum absolute atomic E-state index is 13.1. The number of carboxylic acid groups (broad SMARTS) is 1. The van der Waals surface area contributed by atoms with Crippen molar-refractivity contribution in [2.24, 2.45) is 0 Å². The maximum atomic E-state index is 13.1. The van der Waals surface area contributed by atoms with Gasteiger partial charge in [-0.15, -0.1) is 0 Å².